The predicted octanol–water partition coefficient (Wildman–Crippen LogP) is 0.933. The summed E-state index contributed by atoms with van der Waals surface area (Å²) < 4.78 is 0. The van der Waals surface area contributed by atoms with E-state index in [0.29, 0.717) is 5.71 Å². The van der Waals surface area contributed by atoms with E-state index >= 15 is 0 Å². The molecule has 4 heteroatoms. The van der Waals surface area contributed by atoms with Gasteiger partial charge >= 0.3 is 0 Å². The molecule has 0 saturated heterocycles. The SMILES string of the molecule is CC(C)C(/C=N\O)=N/O. The molecule has 0 fully saturated rings. The summed E-state index contributed by atoms with van der Waals surface area (Å²) in [6.45, 7) is 3.66. The van der Waals surface area contributed by atoms with E-state index in [4.69, 9.17) is 10.4 Å². The second-order valence-corrected chi connectivity index (χ2v) is 1.92. The molecular formula is C5H10N2O2. The molecule has 0 rings (SSSR count). The summed E-state index contributed by atoms with van der Waals surface area (Å²) in [6.07, 6.45) is 1.10. The van der Waals surface area contributed by atoms with Crippen LogP contribution in [0, 0.1) is 5.92 Å². The molecule has 0 atom stereocenters. The Bertz CT molecular complexity index is 129. The minimum absolute atomic E-state index is 0.0749. The van der Waals surface area contributed by atoms with Crippen LogP contribution < -0.4 is 0 Å². The van der Waals surface area contributed by atoms with Gasteiger partial charge in [0.1, 0.15) is 5.71 Å². The molecule has 0 spiro atoms. The van der Waals surface area contributed by atoms with Gasteiger partial charge in [0.25, 0.3) is 0 Å². The van der Waals surface area contributed by atoms with Crippen LogP contribution in [0.15, 0.2) is 10.3 Å². The van der Waals surface area contributed by atoms with Crippen molar-refractivity contribution in [2.45, 2.75) is 13.8 Å². The standard InChI is InChI=1S/C5H10N2O2/c1-4(2)5(7-9)3-6-8/h3-4,8-9H,1-2H3/b6-3-,7-5+. The first-order valence-corrected chi connectivity index (χ1v) is 2.61. The van der Waals surface area contributed by atoms with Crippen LogP contribution >= 0.6 is 0 Å². The lowest BCUT2D eigenvalue weighted by Crippen LogP contribution is -2.08. The summed E-state index contributed by atoms with van der Waals surface area (Å²) in [4.78, 5) is 0. The van der Waals surface area contributed by atoms with Crippen molar-refractivity contribution < 1.29 is 10.4 Å². The fraction of sp³-hybridized carbons (Fsp3) is 0.600. The molecule has 52 valence electrons. The third kappa shape index (κ3) is 2.69. The molecule has 0 aromatic rings. The zero-order valence-corrected chi connectivity index (χ0v) is 5.44. The van der Waals surface area contributed by atoms with E-state index in [9.17, 15) is 0 Å². The van der Waals surface area contributed by atoms with Gasteiger partial charge in [0.15, 0.2) is 0 Å². The molecule has 4 nitrogen and oxygen atoms in total. The van der Waals surface area contributed by atoms with Crippen molar-refractivity contribution in [3.63, 3.8) is 0 Å². The summed E-state index contributed by atoms with van der Waals surface area (Å²) >= 11 is 0. The Kier molecular flexibility index (Phi) is 3.43. The van der Waals surface area contributed by atoms with Gasteiger partial charge in [0.05, 0.1) is 6.21 Å². The van der Waals surface area contributed by atoms with Crippen LogP contribution in [0.1, 0.15) is 13.8 Å². The average molecular weight is 130 g/mol. The fourth-order valence-corrected chi connectivity index (χ4v) is 0.350. The van der Waals surface area contributed by atoms with Crippen molar-refractivity contribution >= 4 is 11.9 Å². The molecule has 0 aliphatic rings. The third-order valence-electron chi connectivity index (χ3n) is 0.897. The van der Waals surface area contributed by atoms with E-state index in [1.54, 1.807) is 0 Å². The fourth-order valence-electron chi connectivity index (χ4n) is 0.350. The molecule has 2 N–H and O–H groups in total. The highest BCUT2D eigenvalue weighted by Crippen LogP contribution is 1.92. The molecule has 0 saturated carbocycles. The first-order chi connectivity index (χ1) is 4.22. The quantitative estimate of drug-likeness (QED) is 0.332. The Morgan fingerprint density at radius 3 is 2.11 bits per heavy atom. The van der Waals surface area contributed by atoms with E-state index in [2.05, 4.69) is 10.3 Å². The minimum Gasteiger partial charge on any atom is -0.411 e. The Morgan fingerprint density at radius 1 is 1.44 bits per heavy atom. The van der Waals surface area contributed by atoms with Gasteiger partial charge in [-0.3, -0.25) is 0 Å². The highest BCUT2D eigenvalue weighted by Gasteiger charge is 2.00. The molecule has 0 amide bonds. The van der Waals surface area contributed by atoms with Crippen molar-refractivity contribution in [1.29, 1.82) is 0 Å². The van der Waals surface area contributed by atoms with Crippen molar-refractivity contribution in [1.82, 2.24) is 0 Å². The normalized spacial score (nSPS) is 13.4. The number of hydrogen-bond donors (Lipinski definition) is 2. The topological polar surface area (TPSA) is 65.2 Å². The van der Waals surface area contributed by atoms with Crippen molar-refractivity contribution in [2.75, 3.05) is 0 Å². The van der Waals surface area contributed by atoms with Crippen molar-refractivity contribution in [3.05, 3.63) is 0 Å². The average Bonchev–Trinajstić information content (AvgIpc) is 1.82. The lowest BCUT2D eigenvalue weighted by atomic mass is 10.1. The summed E-state index contributed by atoms with van der Waals surface area (Å²) in [5.41, 5.74) is 0.359. The zero-order valence-electron chi connectivity index (χ0n) is 5.44. The second-order valence-electron chi connectivity index (χ2n) is 1.92. The van der Waals surface area contributed by atoms with Crippen LogP contribution in [-0.4, -0.2) is 22.3 Å². The molecule has 9 heavy (non-hydrogen) atoms. The van der Waals surface area contributed by atoms with Gasteiger partial charge < -0.3 is 10.4 Å². The van der Waals surface area contributed by atoms with E-state index in [1.807, 2.05) is 13.8 Å². The monoisotopic (exact) mass is 130 g/mol. The third-order valence-corrected chi connectivity index (χ3v) is 0.897. The van der Waals surface area contributed by atoms with Crippen LogP contribution in [0.4, 0.5) is 0 Å². The smallest absolute Gasteiger partial charge is 0.104 e. The molecular weight excluding hydrogens is 120 g/mol. The van der Waals surface area contributed by atoms with Gasteiger partial charge in [-0.25, -0.2) is 0 Å². The molecule has 0 aliphatic heterocycles. The second kappa shape index (κ2) is 3.88. The molecule has 0 aromatic carbocycles. The van der Waals surface area contributed by atoms with Gasteiger partial charge in [0.2, 0.25) is 0 Å². The Hall–Kier alpha value is -1.06. The molecule has 0 unspecified atom stereocenters. The molecule has 0 bridgehead atoms. The van der Waals surface area contributed by atoms with Gasteiger partial charge in [-0.1, -0.05) is 24.2 Å². The lowest BCUT2D eigenvalue weighted by Gasteiger charge is -1.97. The Labute approximate surface area is 53.5 Å². The van der Waals surface area contributed by atoms with E-state index < -0.39 is 0 Å². The van der Waals surface area contributed by atoms with Crippen molar-refractivity contribution in [2.24, 2.45) is 16.2 Å². The van der Waals surface area contributed by atoms with Crippen LogP contribution in [0.25, 0.3) is 0 Å². The van der Waals surface area contributed by atoms with Crippen LogP contribution in [-0.2, 0) is 0 Å². The van der Waals surface area contributed by atoms with E-state index in [-0.39, 0.29) is 5.92 Å². The predicted molar refractivity (Wildman–Crippen MR) is 34.3 cm³/mol. The van der Waals surface area contributed by atoms with E-state index in [1.165, 1.54) is 0 Å². The maximum Gasteiger partial charge on any atom is 0.104 e. The van der Waals surface area contributed by atoms with E-state index in [0.717, 1.165) is 6.21 Å². The van der Waals surface area contributed by atoms with Gasteiger partial charge in [-0.15, -0.1) is 0 Å². The first kappa shape index (κ1) is 7.94. The summed E-state index contributed by atoms with van der Waals surface area (Å²) in [5.74, 6) is 0.0749. The summed E-state index contributed by atoms with van der Waals surface area (Å²) in [5, 5.41) is 21.8. The number of rotatable bonds is 2. The molecule has 0 heterocycles. The zero-order chi connectivity index (χ0) is 7.28. The maximum absolute atomic E-state index is 8.21. The highest BCUT2D eigenvalue weighted by molar-refractivity contribution is 6.30. The van der Waals surface area contributed by atoms with Crippen LogP contribution in [0.3, 0.4) is 0 Å². The van der Waals surface area contributed by atoms with Crippen LogP contribution in [0.2, 0.25) is 0 Å². The van der Waals surface area contributed by atoms with Gasteiger partial charge in [0, 0.05) is 5.92 Å². The highest BCUT2D eigenvalue weighted by atomic mass is 16.4. The summed E-state index contributed by atoms with van der Waals surface area (Å²) in [7, 11) is 0. The lowest BCUT2D eigenvalue weighted by molar-refractivity contribution is 0.313. The maximum atomic E-state index is 8.21. The van der Waals surface area contributed by atoms with Crippen LogP contribution in [0.5, 0.6) is 0 Å². The number of nitrogens with zero attached hydrogens (tertiary/aromatic N) is 2. The van der Waals surface area contributed by atoms with Crippen molar-refractivity contribution in [3.8, 4) is 0 Å². The van der Waals surface area contributed by atoms with Gasteiger partial charge in [-0.05, 0) is 0 Å². The largest absolute Gasteiger partial charge is 0.411 e. The summed E-state index contributed by atoms with van der Waals surface area (Å²) in [6, 6.07) is 0. The number of oxime groups is 2. The Morgan fingerprint density at radius 2 is 2.00 bits per heavy atom. The molecule has 0 aromatic heterocycles. The van der Waals surface area contributed by atoms with Gasteiger partial charge in [-0.2, -0.15) is 0 Å². The first-order valence-electron chi connectivity index (χ1n) is 2.61. The Balaban J connectivity index is 4.01. The minimum atomic E-state index is 0.0749. The molecule has 0 aliphatic carbocycles. The molecule has 0 radical (unpaired) electrons. The number of hydrogen-bond acceptors (Lipinski definition) is 4.